The van der Waals surface area contributed by atoms with Crippen molar-refractivity contribution < 1.29 is 9.53 Å². The molecule has 2 aliphatic heterocycles. The normalized spacial score (nSPS) is 19.9. The summed E-state index contributed by atoms with van der Waals surface area (Å²) in [5, 5.41) is 2.96. The van der Waals surface area contributed by atoms with Gasteiger partial charge in [-0.1, -0.05) is 12.1 Å². The largest absolute Gasteiger partial charge is 0.379 e. The number of carbonyl (C=O) groups is 1. The Morgan fingerprint density at radius 1 is 1.08 bits per heavy atom. The van der Waals surface area contributed by atoms with Crippen LogP contribution < -0.4 is 0 Å². The molecule has 6 heteroatoms. The van der Waals surface area contributed by atoms with Gasteiger partial charge in [-0.2, -0.15) is 0 Å². The minimum absolute atomic E-state index is 0.145. The number of rotatable bonds is 3. The van der Waals surface area contributed by atoms with Crippen LogP contribution in [0.25, 0.3) is 10.6 Å². The Balaban J connectivity index is 1.35. The number of hydrogen-bond acceptors (Lipinski definition) is 5. The van der Waals surface area contributed by atoms with Crippen LogP contribution in [0.1, 0.15) is 23.2 Å². The standard InChI is InChI=1S/C19H23N3O2S/c23-19(16-3-1-15(2-4-16)18-20-7-14-25-18)22-8-5-17(6-9-22)21-10-12-24-13-11-21/h1-4,7,14,17H,5-6,8-13H2. The lowest BCUT2D eigenvalue weighted by Crippen LogP contribution is -2.50. The van der Waals surface area contributed by atoms with E-state index in [0.717, 1.165) is 68.4 Å². The van der Waals surface area contributed by atoms with Gasteiger partial charge < -0.3 is 9.64 Å². The molecule has 0 saturated carbocycles. The summed E-state index contributed by atoms with van der Waals surface area (Å²) >= 11 is 1.61. The highest BCUT2D eigenvalue weighted by Gasteiger charge is 2.28. The third-order valence-corrected chi connectivity index (χ3v) is 5.95. The number of hydrogen-bond donors (Lipinski definition) is 0. The third kappa shape index (κ3) is 3.76. The van der Waals surface area contributed by atoms with Gasteiger partial charge in [0, 0.05) is 54.9 Å². The molecular weight excluding hydrogens is 334 g/mol. The minimum Gasteiger partial charge on any atom is -0.379 e. The molecule has 2 saturated heterocycles. The molecule has 5 nitrogen and oxygen atoms in total. The molecule has 1 amide bonds. The average Bonchev–Trinajstić information content (AvgIpc) is 3.23. The second-order valence-electron chi connectivity index (χ2n) is 6.59. The van der Waals surface area contributed by atoms with E-state index in [2.05, 4.69) is 9.88 Å². The van der Waals surface area contributed by atoms with Crippen LogP contribution in [0, 0.1) is 0 Å². The van der Waals surface area contributed by atoms with Crippen LogP contribution in [0.15, 0.2) is 35.8 Å². The molecule has 1 aromatic heterocycles. The van der Waals surface area contributed by atoms with E-state index in [-0.39, 0.29) is 5.91 Å². The van der Waals surface area contributed by atoms with Crippen LogP contribution in [0.2, 0.25) is 0 Å². The van der Waals surface area contributed by atoms with Crippen molar-refractivity contribution in [1.29, 1.82) is 0 Å². The Morgan fingerprint density at radius 3 is 2.44 bits per heavy atom. The number of amides is 1. The fourth-order valence-corrected chi connectivity index (χ4v) is 4.33. The van der Waals surface area contributed by atoms with Gasteiger partial charge in [-0.3, -0.25) is 9.69 Å². The Bertz CT molecular complexity index is 688. The first-order valence-corrected chi connectivity index (χ1v) is 9.80. The van der Waals surface area contributed by atoms with Crippen LogP contribution in [0.4, 0.5) is 0 Å². The number of carbonyl (C=O) groups excluding carboxylic acids is 1. The average molecular weight is 357 g/mol. The molecule has 0 unspecified atom stereocenters. The molecule has 4 rings (SSSR count). The zero-order chi connectivity index (χ0) is 17.1. The Morgan fingerprint density at radius 2 is 1.80 bits per heavy atom. The molecule has 0 radical (unpaired) electrons. The lowest BCUT2D eigenvalue weighted by atomic mass is 10.0. The van der Waals surface area contributed by atoms with Gasteiger partial charge in [-0.25, -0.2) is 4.98 Å². The topological polar surface area (TPSA) is 45.7 Å². The molecule has 3 heterocycles. The summed E-state index contributed by atoms with van der Waals surface area (Å²) in [6.07, 6.45) is 3.92. The van der Waals surface area contributed by atoms with Crippen molar-refractivity contribution in [2.45, 2.75) is 18.9 Å². The lowest BCUT2D eigenvalue weighted by molar-refractivity contribution is 0.00159. The van der Waals surface area contributed by atoms with E-state index in [1.807, 2.05) is 34.5 Å². The van der Waals surface area contributed by atoms with E-state index in [0.29, 0.717) is 6.04 Å². The van der Waals surface area contributed by atoms with Crippen LogP contribution >= 0.6 is 11.3 Å². The van der Waals surface area contributed by atoms with Crippen molar-refractivity contribution in [2.24, 2.45) is 0 Å². The quantitative estimate of drug-likeness (QED) is 0.847. The molecule has 2 aromatic rings. The number of benzene rings is 1. The maximum atomic E-state index is 12.8. The zero-order valence-electron chi connectivity index (χ0n) is 14.3. The minimum atomic E-state index is 0.145. The highest BCUT2D eigenvalue weighted by molar-refractivity contribution is 7.13. The highest BCUT2D eigenvalue weighted by atomic mass is 32.1. The van der Waals surface area contributed by atoms with Gasteiger partial charge in [0.1, 0.15) is 5.01 Å². The fraction of sp³-hybridized carbons (Fsp3) is 0.474. The number of morpholine rings is 1. The molecule has 0 aliphatic carbocycles. The summed E-state index contributed by atoms with van der Waals surface area (Å²) < 4.78 is 5.43. The van der Waals surface area contributed by atoms with Gasteiger partial charge in [0.25, 0.3) is 5.91 Å². The van der Waals surface area contributed by atoms with E-state index in [1.165, 1.54) is 0 Å². The van der Waals surface area contributed by atoms with Gasteiger partial charge in [-0.05, 0) is 25.0 Å². The van der Waals surface area contributed by atoms with Crippen LogP contribution in [0.5, 0.6) is 0 Å². The molecule has 132 valence electrons. The van der Waals surface area contributed by atoms with Crippen LogP contribution in [0.3, 0.4) is 0 Å². The van der Waals surface area contributed by atoms with E-state index in [9.17, 15) is 4.79 Å². The first-order valence-electron chi connectivity index (χ1n) is 8.92. The summed E-state index contributed by atoms with van der Waals surface area (Å²) in [5.74, 6) is 0.145. The van der Waals surface area contributed by atoms with E-state index in [1.54, 1.807) is 17.5 Å². The van der Waals surface area contributed by atoms with Gasteiger partial charge in [-0.15, -0.1) is 11.3 Å². The summed E-state index contributed by atoms with van der Waals surface area (Å²) in [5.41, 5.74) is 1.84. The molecular formula is C19H23N3O2S. The Labute approximate surface area is 152 Å². The van der Waals surface area contributed by atoms with Gasteiger partial charge in [0.2, 0.25) is 0 Å². The molecule has 1 aromatic carbocycles. The number of nitrogens with zero attached hydrogens (tertiary/aromatic N) is 3. The van der Waals surface area contributed by atoms with Crippen molar-refractivity contribution in [1.82, 2.24) is 14.8 Å². The number of thiazole rings is 1. The molecule has 0 N–H and O–H groups in total. The monoisotopic (exact) mass is 357 g/mol. The molecule has 0 atom stereocenters. The molecule has 2 fully saturated rings. The number of likely N-dealkylation sites (tertiary alicyclic amines) is 1. The molecule has 2 aliphatic rings. The van der Waals surface area contributed by atoms with E-state index in [4.69, 9.17) is 4.74 Å². The number of ether oxygens (including phenoxy) is 1. The summed E-state index contributed by atoms with van der Waals surface area (Å²) in [6, 6.07) is 8.43. The van der Waals surface area contributed by atoms with Crippen molar-refractivity contribution in [3.8, 4) is 10.6 Å². The van der Waals surface area contributed by atoms with Crippen LogP contribution in [-0.4, -0.2) is 66.1 Å². The van der Waals surface area contributed by atoms with E-state index >= 15 is 0 Å². The van der Waals surface area contributed by atoms with Gasteiger partial charge in [0.05, 0.1) is 13.2 Å². The predicted molar refractivity (Wildman–Crippen MR) is 98.9 cm³/mol. The first kappa shape index (κ1) is 16.7. The van der Waals surface area contributed by atoms with Crippen molar-refractivity contribution in [2.75, 3.05) is 39.4 Å². The third-order valence-electron chi connectivity index (χ3n) is 5.12. The maximum absolute atomic E-state index is 12.8. The second kappa shape index (κ2) is 7.64. The Hall–Kier alpha value is -1.76. The lowest BCUT2D eigenvalue weighted by Gasteiger charge is -2.40. The Kier molecular flexibility index (Phi) is 5.10. The second-order valence-corrected chi connectivity index (χ2v) is 7.48. The fourth-order valence-electron chi connectivity index (χ4n) is 3.68. The SMILES string of the molecule is O=C(c1ccc(-c2nccs2)cc1)N1CCC(N2CCOCC2)CC1. The maximum Gasteiger partial charge on any atom is 0.253 e. The van der Waals surface area contributed by atoms with Crippen LogP contribution in [-0.2, 0) is 4.74 Å². The molecule has 0 spiro atoms. The number of aromatic nitrogens is 1. The number of piperidine rings is 1. The van der Waals surface area contributed by atoms with E-state index < -0.39 is 0 Å². The smallest absolute Gasteiger partial charge is 0.253 e. The van der Waals surface area contributed by atoms with Crippen molar-refractivity contribution >= 4 is 17.2 Å². The zero-order valence-corrected chi connectivity index (χ0v) is 15.1. The first-order chi connectivity index (χ1) is 12.3. The predicted octanol–water partition coefficient (Wildman–Crippen LogP) is 2.75. The van der Waals surface area contributed by atoms with Gasteiger partial charge >= 0.3 is 0 Å². The van der Waals surface area contributed by atoms with Gasteiger partial charge in [0.15, 0.2) is 0 Å². The molecule has 25 heavy (non-hydrogen) atoms. The van der Waals surface area contributed by atoms with Crippen molar-refractivity contribution in [3.63, 3.8) is 0 Å². The summed E-state index contributed by atoms with van der Waals surface area (Å²) in [4.78, 5) is 21.6. The summed E-state index contributed by atoms with van der Waals surface area (Å²) in [7, 11) is 0. The molecule has 0 bridgehead atoms. The highest BCUT2D eigenvalue weighted by Crippen LogP contribution is 2.23. The van der Waals surface area contributed by atoms with Crippen molar-refractivity contribution in [3.05, 3.63) is 41.4 Å². The summed E-state index contributed by atoms with van der Waals surface area (Å²) in [6.45, 7) is 5.41.